The van der Waals surface area contributed by atoms with E-state index in [0.717, 1.165) is 6.42 Å². The number of rotatable bonds is 1. The molecule has 0 unspecified atom stereocenters. The predicted octanol–water partition coefficient (Wildman–Crippen LogP) is 2.99. The van der Waals surface area contributed by atoms with Gasteiger partial charge in [-0.15, -0.1) is 0 Å². The van der Waals surface area contributed by atoms with Crippen LogP contribution in [-0.2, 0) is 6.42 Å². The summed E-state index contributed by atoms with van der Waals surface area (Å²) in [4.78, 5) is 0. The number of hydrogen-bond acceptors (Lipinski definition) is 0. The fourth-order valence-corrected chi connectivity index (χ4v) is 1.28. The summed E-state index contributed by atoms with van der Waals surface area (Å²) in [5.74, 6) is 0. The maximum absolute atomic E-state index is 3.89. The summed E-state index contributed by atoms with van der Waals surface area (Å²) in [6.07, 6.45) is 0.896. The molecule has 0 amide bonds. The maximum Gasteiger partial charge on any atom is -0.0276 e. The van der Waals surface area contributed by atoms with Crippen molar-refractivity contribution >= 4 is 0 Å². The topological polar surface area (TPSA) is 0 Å². The Bertz CT molecular complexity index is 259. The predicted molar refractivity (Wildman–Crippen MR) is 49.7 cm³/mol. The van der Waals surface area contributed by atoms with Gasteiger partial charge in [-0.05, 0) is 56.4 Å². The van der Waals surface area contributed by atoms with Crippen LogP contribution in [0.15, 0.2) is 12.1 Å². The minimum atomic E-state index is 0.896. The monoisotopic (exact) mass is 147 g/mol. The molecule has 0 heteroatoms. The van der Waals surface area contributed by atoms with Gasteiger partial charge in [0.15, 0.2) is 0 Å². The first-order valence-corrected chi connectivity index (χ1v) is 4.01. The average molecular weight is 147 g/mol. The van der Waals surface area contributed by atoms with E-state index in [1.54, 1.807) is 0 Å². The normalized spacial score (nSPS) is 10.2. The van der Waals surface area contributed by atoms with E-state index >= 15 is 0 Å². The van der Waals surface area contributed by atoms with E-state index in [-0.39, 0.29) is 0 Å². The first-order valence-electron chi connectivity index (χ1n) is 4.01. The molecule has 1 radical (unpaired) electrons. The van der Waals surface area contributed by atoms with Crippen LogP contribution in [0.4, 0.5) is 0 Å². The molecule has 11 heavy (non-hydrogen) atoms. The molecule has 1 rings (SSSR count). The molecule has 0 aromatic heterocycles. The maximum atomic E-state index is 3.89. The van der Waals surface area contributed by atoms with Crippen molar-refractivity contribution < 1.29 is 0 Å². The van der Waals surface area contributed by atoms with Crippen molar-refractivity contribution in [1.82, 2.24) is 0 Å². The summed E-state index contributed by atoms with van der Waals surface area (Å²) in [7, 11) is 0. The van der Waals surface area contributed by atoms with Crippen LogP contribution in [0.25, 0.3) is 0 Å². The molecular formula is C11H15. The molecule has 0 heterocycles. The molecule has 0 N–H and O–H groups in total. The largest absolute Gasteiger partial charge is 0.0588 e. The highest BCUT2D eigenvalue weighted by molar-refractivity contribution is 5.38. The van der Waals surface area contributed by atoms with E-state index in [9.17, 15) is 0 Å². The summed E-state index contributed by atoms with van der Waals surface area (Å²) in [6.45, 7) is 10.4. The lowest BCUT2D eigenvalue weighted by Gasteiger charge is -2.08. The number of benzene rings is 1. The average Bonchev–Trinajstić information content (AvgIpc) is 2.01. The molecule has 0 aliphatic heterocycles. The lowest BCUT2D eigenvalue weighted by atomic mass is 9.98. The second kappa shape index (κ2) is 3.08. The van der Waals surface area contributed by atoms with Gasteiger partial charge >= 0.3 is 0 Å². The van der Waals surface area contributed by atoms with Gasteiger partial charge in [-0.1, -0.05) is 12.1 Å². The second-order valence-corrected chi connectivity index (χ2v) is 3.04. The van der Waals surface area contributed by atoms with E-state index in [1.165, 1.54) is 22.3 Å². The van der Waals surface area contributed by atoms with Crippen LogP contribution in [0.5, 0.6) is 0 Å². The minimum absolute atomic E-state index is 0.896. The van der Waals surface area contributed by atoms with Crippen molar-refractivity contribution in [3.05, 3.63) is 41.3 Å². The van der Waals surface area contributed by atoms with Gasteiger partial charge in [-0.25, -0.2) is 0 Å². The Morgan fingerprint density at radius 1 is 1.09 bits per heavy atom. The van der Waals surface area contributed by atoms with Crippen molar-refractivity contribution in [2.45, 2.75) is 27.2 Å². The number of hydrogen-bond donors (Lipinski definition) is 0. The molecule has 0 nitrogen and oxygen atoms in total. The van der Waals surface area contributed by atoms with Crippen LogP contribution in [0, 0.1) is 27.7 Å². The fraction of sp³-hybridized carbons (Fsp3) is 0.364. The Labute approximate surface area is 69.3 Å². The summed E-state index contributed by atoms with van der Waals surface area (Å²) < 4.78 is 0. The quantitative estimate of drug-likeness (QED) is 0.573. The molecule has 0 spiro atoms. The van der Waals surface area contributed by atoms with Crippen LogP contribution >= 0.6 is 0 Å². The lowest BCUT2D eigenvalue weighted by Crippen LogP contribution is -1.92. The molecule has 0 saturated heterocycles. The molecule has 1 aromatic rings. The molecule has 0 saturated carbocycles. The van der Waals surface area contributed by atoms with Gasteiger partial charge in [0, 0.05) is 0 Å². The molecule has 0 bridgehead atoms. The van der Waals surface area contributed by atoms with Crippen molar-refractivity contribution in [3.8, 4) is 0 Å². The SMILES string of the molecule is [CH2]Cc1ccc(C)c(C)c1C. The molecule has 0 atom stereocenters. The molecule has 1 aromatic carbocycles. The molecule has 0 fully saturated rings. The van der Waals surface area contributed by atoms with Crippen molar-refractivity contribution in [1.29, 1.82) is 0 Å². The van der Waals surface area contributed by atoms with E-state index in [0.29, 0.717) is 0 Å². The van der Waals surface area contributed by atoms with Gasteiger partial charge in [0.1, 0.15) is 0 Å². The Hall–Kier alpha value is -0.780. The zero-order valence-corrected chi connectivity index (χ0v) is 7.57. The Balaban J connectivity index is 3.25. The lowest BCUT2D eigenvalue weighted by molar-refractivity contribution is 1.15. The molecule has 0 aliphatic carbocycles. The number of aryl methyl sites for hydroxylation is 1. The zero-order valence-electron chi connectivity index (χ0n) is 7.57. The highest BCUT2D eigenvalue weighted by Gasteiger charge is 2.00. The zero-order chi connectivity index (χ0) is 8.43. The Morgan fingerprint density at radius 2 is 1.73 bits per heavy atom. The van der Waals surface area contributed by atoms with Crippen LogP contribution in [0.3, 0.4) is 0 Å². The smallest absolute Gasteiger partial charge is 0.0276 e. The third-order valence-corrected chi connectivity index (χ3v) is 2.44. The molecule has 59 valence electrons. The summed E-state index contributed by atoms with van der Waals surface area (Å²) >= 11 is 0. The molecular weight excluding hydrogens is 132 g/mol. The van der Waals surface area contributed by atoms with Crippen LogP contribution in [0.2, 0.25) is 0 Å². The Kier molecular flexibility index (Phi) is 2.33. The van der Waals surface area contributed by atoms with Gasteiger partial charge < -0.3 is 0 Å². The first-order chi connectivity index (χ1) is 5.16. The molecule has 0 aliphatic rings. The second-order valence-electron chi connectivity index (χ2n) is 3.04. The third kappa shape index (κ3) is 1.45. The van der Waals surface area contributed by atoms with Crippen molar-refractivity contribution in [2.75, 3.05) is 0 Å². The van der Waals surface area contributed by atoms with Crippen molar-refractivity contribution in [2.24, 2.45) is 0 Å². The van der Waals surface area contributed by atoms with E-state index in [4.69, 9.17) is 0 Å². The van der Waals surface area contributed by atoms with Gasteiger partial charge in [-0.2, -0.15) is 0 Å². The summed E-state index contributed by atoms with van der Waals surface area (Å²) in [6, 6.07) is 4.34. The fourth-order valence-electron chi connectivity index (χ4n) is 1.28. The summed E-state index contributed by atoms with van der Waals surface area (Å²) in [5.41, 5.74) is 5.55. The summed E-state index contributed by atoms with van der Waals surface area (Å²) in [5, 5.41) is 0. The van der Waals surface area contributed by atoms with Gasteiger partial charge in [0.05, 0.1) is 0 Å². The van der Waals surface area contributed by atoms with Crippen LogP contribution < -0.4 is 0 Å². The third-order valence-electron chi connectivity index (χ3n) is 2.44. The van der Waals surface area contributed by atoms with Crippen molar-refractivity contribution in [3.63, 3.8) is 0 Å². The van der Waals surface area contributed by atoms with Gasteiger partial charge in [-0.3, -0.25) is 0 Å². The van der Waals surface area contributed by atoms with E-state index in [1.807, 2.05) is 0 Å². The van der Waals surface area contributed by atoms with Gasteiger partial charge in [0.25, 0.3) is 0 Å². The van der Waals surface area contributed by atoms with Gasteiger partial charge in [0.2, 0.25) is 0 Å². The standard InChI is InChI=1S/C11H15/c1-5-11-7-6-8(2)9(3)10(11)4/h6-7H,1,5H2,2-4H3. The Morgan fingerprint density at radius 3 is 2.27 bits per heavy atom. The highest BCUT2D eigenvalue weighted by atomic mass is 14.1. The minimum Gasteiger partial charge on any atom is -0.0588 e. The van der Waals surface area contributed by atoms with E-state index < -0.39 is 0 Å². The van der Waals surface area contributed by atoms with E-state index in [2.05, 4.69) is 39.8 Å². The van der Waals surface area contributed by atoms with Crippen LogP contribution in [-0.4, -0.2) is 0 Å². The highest BCUT2D eigenvalue weighted by Crippen LogP contribution is 2.16. The van der Waals surface area contributed by atoms with Crippen LogP contribution in [0.1, 0.15) is 22.3 Å². The first kappa shape index (κ1) is 8.32.